The quantitative estimate of drug-likeness (QED) is 0.539. The molecule has 0 aliphatic carbocycles. The van der Waals surface area contributed by atoms with E-state index in [-0.39, 0.29) is 5.69 Å². The summed E-state index contributed by atoms with van der Waals surface area (Å²) in [5, 5.41) is 4.50. The maximum absolute atomic E-state index is 13.4. The van der Waals surface area contributed by atoms with E-state index in [0.29, 0.717) is 22.5 Å². The minimum atomic E-state index is -1.02. The van der Waals surface area contributed by atoms with E-state index in [4.69, 9.17) is 0 Å². The molecule has 0 bridgehead atoms. The highest BCUT2D eigenvalue weighted by Gasteiger charge is 2.12. The van der Waals surface area contributed by atoms with Gasteiger partial charge in [0.15, 0.2) is 11.6 Å². The lowest BCUT2D eigenvalue weighted by molar-refractivity contribution is 0.508. The van der Waals surface area contributed by atoms with Crippen LogP contribution in [0.15, 0.2) is 41.5 Å². The zero-order valence-corrected chi connectivity index (χ0v) is 11.9. The van der Waals surface area contributed by atoms with Crippen molar-refractivity contribution in [3.05, 3.63) is 64.5 Å². The van der Waals surface area contributed by atoms with Gasteiger partial charge >= 0.3 is 0 Å². The first kappa shape index (κ1) is 13.5. The molecule has 0 atom stereocenters. The molecular weight excluding hydrogens is 304 g/mol. The molecule has 0 saturated heterocycles. The molecular formula is C15H9F2N5O. The molecule has 0 N–H and O–H groups in total. The third kappa shape index (κ3) is 1.99. The Balaban J connectivity index is 2.02. The summed E-state index contributed by atoms with van der Waals surface area (Å²) in [6.45, 7) is 1.73. The van der Waals surface area contributed by atoms with Gasteiger partial charge in [0.05, 0.1) is 16.6 Å². The second kappa shape index (κ2) is 4.67. The Labute approximate surface area is 127 Å². The molecule has 0 spiro atoms. The van der Waals surface area contributed by atoms with Gasteiger partial charge in [0.25, 0.3) is 11.3 Å². The van der Waals surface area contributed by atoms with E-state index in [2.05, 4.69) is 15.1 Å². The summed E-state index contributed by atoms with van der Waals surface area (Å²) in [6, 6.07) is 4.93. The van der Waals surface area contributed by atoms with Crippen molar-refractivity contribution in [2.75, 3.05) is 0 Å². The first-order chi connectivity index (χ1) is 11.0. The minimum Gasteiger partial charge on any atom is -0.284 e. The maximum atomic E-state index is 13.4. The molecule has 1 aromatic carbocycles. The molecule has 0 unspecified atom stereocenters. The van der Waals surface area contributed by atoms with Crippen LogP contribution in [0.25, 0.3) is 22.4 Å². The van der Waals surface area contributed by atoms with Crippen LogP contribution in [0.1, 0.15) is 5.82 Å². The average molecular weight is 313 g/mol. The van der Waals surface area contributed by atoms with Crippen LogP contribution in [-0.2, 0) is 0 Å². The fraction of sp³-hybridized carbons (Fsp3) is 0.0667. The van der Waals surface area contributed by atoms with E-state index in [1.807, 2.05) is 0 Å². The molecule has 0 amide bonds. The molecule has 3 aromatic heterocycles. The van der Waals surface area contributed by atoms with Gasteiger partial charge in [-0.2, -0.15) is 9.50 Å². The molecule has 23 heavy (non-hydrogen) atoms. The summed E-state index contributed by atoms with van der Waals surface area (Å²) in [4.78, 5) is 20.9. The van der Waals surface area contributed by atoms with Crippen molar-refractivity contribution in [3.63, 3.8) is 0 Å². The Morgan fingerprint density at radius 3 is 2.74 bits per heavy atom. The first-order valence-electron chi connectivity index (χ1n) is 6.74. The topological polar surface area (TPSA) is 65.1 Å². The Bertz CT molecular complexity index is 1130. The molecule has 6 nitrogen and oxygen atoms in total. The van der Waals surface area contributed by atoms with E-state index in [1.165, 1.54) is 27.5 Å². The van der Waals surface area contributed by atoms with E-state index in [1.54, 1.807) is 13.0 Å². The second-order valence-electron chi connectivity index (χ2n) is 5.02. The standard InChI is InChI=1S/C15H9F2N5O/c1-8-19-15-18-7-10-13(22(15)20-8)4-5-21(14(10)23)9-2-3-11(16)12(17)6-9/h2-7H,1H3. The van der Waals surface area contributed by atoms with Gasteiger partial charge < -0.3 is 0 Å². The summed E-state index contributed by atoms with van der Waals surface area (Å²) in [7, 11) is 0. The lowest BCUT2D eigenvalue weighted by Gasteiger charge is -2.08. The van der Waals surface area contributed by atoms with E-state index in [0.717, 1.165) is 12.1 Å². The third-order valence-electron chi connectivity index (χ3n) is 3.52. The zero-order valence-electron chi connectivity index (χ0n) is 11.9. The summed E-state index contributed by atoms with van der Waals surface area (Å²) in [6.07, 6.45) is 2.88. The second-order valence-corrected chi connectivity index (χ2v) is 5.02. The number of pyridine rings is 1. The summed E-state index contributed by atoms with van der Waals surface area (Å²) >= 11 is 0. The van der Waals surface area contributed by atoms with Crippen LogP contribution in [0.5, 0.6) is 0 Å². The molecule has 8 heteroatoms. The summed E-state index contributed by atoms with van der Waals surface area (Å²) < 4.78 is 29.1. The van der Waals surface area contributed by atoms with Gasteiger partial charge in [0.1, 0.15) is 5.82 Å². The highest BCUT2D eigenvalue weighted by molar-refractivity contribution is 5.78. The monoisotopic (exact) mass is 313 g/mol. The summed E-state index contributed by atoms with van der Waals surface area (Å²) in [5.74, 6) is -1.06. The number of aryl methyl sites for hydroxylation is 1. The van der Waals surface area contributed by atoms with Gasteiger partial charge in [-0.15, -0.1) is 5.10 Å². The Morgan fingerprint density at radius 1 is 1.13 bits per heavy atom. The van der Waals surface area contributed by atoms with Crippen molar-refractivity contribution in [2.24, 2.45) is 0 Å². The smallest absolute Gasteiger partial charge is 0.266 e. The molecule has 4 rings (SSSR count). The molecule has 0 aliphatic heterocycles. The van der Waals surface area contributed by atoms with E-state index in [9.17, 15) is 13.6 Å². The van der Waals surface area contributed by atoms with Crippen molar-refractivity contribution in [1.29, 1.82) is 0 Å². The van der Waals surface area contributed by atoms with Crippen LogP contribution in [-0.4, -0.2) is 24.1 Å². The number of rotatable bonds is 1. The van der Waals surface area contributed by atoms with Gasteiger partial charge in [-0.25, -0.2) is 13.8 Å². The van der Waals surface area contributed by atoms with Crippen LogP contribution >= 0.6 is 0 Å². The molecule has 0 saturated carbocycles. The van der Waals surface area contributed by atoms with Crippen LogP contribution in [0.3, 0.4) is 0 Å². The number of hydrogen-bond donors (Lipinski definition) is 0. The van der Waals surface area contributed by atoms with Gasteiger partial charge in [0.2, 0.25) is 0 Å². The predicted octanol–water partition coefficient (Wildman–Crippen LogP) is 2.02. The normalized spacial score (nSPS) is 11.4. The highest BCUT2D eigenvalue weighted by Crippen LogP contribution is 2.15. The van der Waals surface area contributed by atoms with Crippen molar-refractivity contribution < 1.29 is 8.78 Å². The Morgan fingerprint density at radius 2 is 1.96 bits per heavy atom. The number of fused-ring (bicyclic) bond motifs is 3. The van der Waals surface area contributed by atoms with Gasteiger partial charge in [-0.05, 0) is 25.1 Å². The van der Waals surface area contributed by atoms with Gasteiger partial charge in [-0.3, -0.25) is 9.36 Å². The largest absolute Gasteiger partial charge is 0.284 e. The van der Waals surface area contributed by atoms with Crippen LogP contribution < -0.4 is 5.56 Å². The molecule has 4 aromatic rings. The average Bonchev–Trinajstić information content (AvgIpc) is 2.91. The van der Waals surface area contributed by atoms with Crippen molar-refractivity contribution in [3.8, 4) is 5.69 Å². The first-order valence-corrected chi connectivity index (χ1v) is 6.74. The summed E-state index contributed by atoms with van der Waals surface area (Å²) in [5.41, 5.74) is 0.362. The fourth-order valence-electron chi connectivity index (χ4n) is 2.46. The number of nitrogens with zero attached hydrogens (tertiary/aromatic N) is 5. The van der Waals surface area contributed by atoms with E-state index < -0.39 is 17.2 Å². The number of benzene rings is 1. The van der Waals surface area contributed by atoms with Gasteiger partial charge in [0, 0.05) is 18.5 Å². The lowest BCUT2D eigenvalue weighted by Crippen LogP contribution is -2.19. The van der Waals surface area contributed by atoms with Crippen molar-refractivity contribution in [2.45, 2.75) is 6.92 Å². The SMILES string of the molecule is Cc1nc2ncc3c(=O)n(-c4ccc(F)c(F)c4)ccc3n2n1. The van der Waals surface area contributed by atoms with Crippen LogP contribution in [0, 0.1) is 18.6 Å². The Kier molecular flexibility index (Phi) is 2.74. The maximum Gasteiger partial charge on any atom is 0.266 e. The number of aromatic nitrogens is 5. The molecule has 3 heterocycles. The molecule has 0 aliphatic rings. The van der Waals surface area contributed by atoms with Crippen LogP contribution in [0.2, 0.25) is 0 Å². The minimum absolute atomic E-state index is 0.227. The lowest BCUT2D eigenvalue weighted by atomic mass is 10.2. The number of halogens is 2. The molecule has 0 radical (unpaired) electrons. The zero-order chi connectivity index (χ0) is 16.1. The van der Waals surface area contributed by atoms with Crippen molar-refractivity contribution in [1.82, 2.24) is 24.1 Å². The third-order valence-corrected chi connectivity index (χ3v) is 3.52. The Hall–Kier alpha value is -3.16. The molecule has 114 valence electrons. The molecule has 0 fully saturated rings. The highest BCUT2D eigenvalue weighted by atomic mass is 19.2. The van der Waals surface area contributed by atoms with E-state index >= 15 is 0 Å². The number of hydrogen-bond acceptors (Lipinski definition) is 4. The predicted molar refractivity (Wildman–Crippen MR) is 78.5 cm³/mol. The van der Waals surface area contributed by atoms with Gasteiger partial charge in [-0.1, -0.05) is 0 Å². The van der Waals surface area contributed by atoms with Crippen LogP contribution in [0.4, 0.5) is 8.78 Å². The fourth-order valence-corrected chi connectivity index (χ4v) is 2.46. The van der Waals surface area contributed by atoms with Crippen molar-refractivity contribution >= 4 is 16.7 Å².